The van der Waals surface area contributed by atoms with Crippen molar-refractivity contribution in [2.45, 2.75) is 13.8 Å². The number of fused-ring (bicyclic) bond motifs is 1. The van der Waals surface area contributed by atoms with Gasteiger partial charge in [0.25, 0.3) is 17.7 Å². The lowest BCUT2D eigenvalue weighted by Crippen LogP contribution is -2.29. The second kappa shape index (κ2) is 9.14. The highest BCUT2D eigenvalue weighted by Crippen LogP contribution is 2.25. The fourth-order valence-electron chi connectivity index (χ4n) is 3.75. The Kier molecular flexibility index (Phi) is 6.09. The lowest BCUT2D eigenvalue weighted by Gasteiger charge is -2.09. The molecule has 0 unspecified atom stereocenters. The number of hydrogen-bond acceptors (Lipinski definition) is 6. The maximum absolute atomic E-state index is 12.5. The Morgan fingerprint density at radius 1 is 1.06 bits per heavy atom. The molecule has 0 saturated heterocycles. The van der Waals surface area contributed by atoms with Crippen molar-refractivity contribution >= 4 is 29.4 Å². The van der Waals surface area contributed by atoms with Crippen molar-refractivity contribution in [1.29, 1.82) is 0 Å². The van der Waals surface area contributed by atoms with Crippen molar-refractivity contribution in [3.8, 4) is 5.69 Å². The van der Waals surface area contributed by atoms with Gasteiger partial charge in [-0.3, -0.25) is 19.3 Å². The number of esters is 1. The van der Waals surface area contributed by atoms with E-state index >= 15 is 0 Å². The minimum absolute atomic E-state index is 0.0670. The number of nitrogens with one attached hydrogen (secondary N) is 1. The van der Waals surface area contributed by atoms with Gasteiger partial charge in [0.2, 0.25) is 0 Å². The zero-order valence-electron chi connectivity index (χ0n) is 18.7. The van der Waals surface area contributed by atoms with Gasteiger partial charge < -0.3 is 10.1 Å². The van der Waals surface area contributed by atoms with Crippen LogP contribution in [0, 0.1) is 13.8 Å². The van der Waals surface area contributed by atoms with Gasteiger partial charge in [0, 0.05) is 6.54 Å². The average Bonchev–Trinajstić information content (AvgIpc) is 3.26. The lowest BCUT2D eigenvalue weighted by molar-refractivity contribution is -0.119. The molecule has 1 aliphatic rings. The predicted molar refractivity (Wildman–Crippen MR) is 124 cm³/mol. The smallest absolute Gasteiger partial charge is 0.338 e. The summed E-state index contributed by atoms with van der Waals surface area (Å²) in [6.07, 6.45) is 1.45. The van der Waals surface area contributed by atoms with Gasteiger partial charge in [0.05, 0.1) is 39.5 Å². The number of rotatable bonds is 7. The van der Waals surface area contributed by atoms with E-state index in [1.54, 1.807) is 11.6 Å². The van der Waals surface area contributed by atoms with E-state index < -0.39 is 30.3 Å². The molecule has 2 heterocycles. The summed E-state index contributed by atoms with van der Waals surface area (Å²) in [5, 5.41) is 7.20. The van der Waals surface area contributed by atoms with Gasteiger partial charge in [-0.25, -0.2) is 9.48 Å². The summed E-state index contributed by atoms with van der Waals surface area (Å²) < 4.78 is 6.84. The molecule has 3 aromatic rings. The van der Waals surface area contributed by atoms with Gasteiger partial charge in [0.1, 0.15) is 0 Å². The van der Waals surface area contributed by atoms with Gasteiger partial charge in [-0.15, -0.1) is 6.58 Å². The van der Waals surface area contributed by atoms with Crippen molar-refractivity contribution in [2.75, 3.05) is 18.5 Å². The molecule has 0 fully saturated rings. The molecule has 1 aromatic heterocycles. The molecule has 4 rings (SSSR count). The lowest BCUT2D eigenvalue weighted by atomic mass is 10.1. The predicted octanol–water partition coefficient (Wildman–Crippen LogP) is 3.07. The minimum atomic E-state index is -0.784. The summed E-state index contributed by atoms with van der Waals surface area (Å²) in [5.41, 5.74) is 3.13. The number of anilines is 1. The molecule has 0 saturated carbocycles. The zero-order valence-corrected chi connectivity index (χ0v) is 18.7. The fraction of sp³-hybridized carbons (Fsp3) is 0.160. The van der Waals surface area contributed by atoms with E-state index in [4.69, 9.17) is 4.74 Å². The highest BCUT2D eigenvalue weighted by Gasteiger charge is 2.35. The Bertz CT molecular complexity index is 1330. The van der Waals surface area contributed by atoms with Gasteiger partial charge in [-0.05, 0) is 44.2 Å². The highest BCUT2D eigenvalue weighted by atomic mass is 16.5. The molecule has 1 aliphatic heterocycles. The van der Waals surface area contributed by atoms with Crippen LogP contribution in [0.25, 0.3) is 5.69 Å². The Hall–Kier alpha value is -4.53. The molecular weight excluding hydrogens is 436 g/mol. The second-order valence-electron chi connectivity index (χ2n) is 7.69. The summed E-state index contributed by atoms with van der Waals surface area (Å²) in [6.45, 7) is 6.68. The Labute approximate surface area is 195 Å². The van der Waals surface area contributed by atoms with Crippen LogP contribution in [0.1, 0.15) is 42.5 Å². The molecule has 1 N–H and O–H groups in total. The molecule has 9 heteroatoms. The molecule has 34 heavy (non-hydrogen) atoms. The molecule has 0 aliphatic carbocycles. The van der Waals surface area contributed by atoms with Crippen molar-refractivity contribution in [1.82, 2.24) is 14.7 Å². The molecular formula is C25H22N4O5. The number of nitrogens with zero attached hydrogens (tertiary/aromatic N) is 3. The van der Waals surface area contributed by atoms with Crippen LogP contribution in [0.3, 0.4) is 0 Å². The minimum Gasteiger partial charge on any atom is -0.452 e. The molecule has 172 valence electrons. The summed E-state index contributed by atoms with van der Waals surface area (Å²) in [6, 6.07) is 13.6. The van der Waals surface area contributed by atoms with Crippen LogP contribution in [0.5, 0.6) is 0 Å². The van der Waals surface area contributed by atoms with Crippen LogP contribution in [0.2, 0.25) is 0 Å². The maximum Gasteiger partial charge on any atom is 0.338 e. The number of carbonyl (C=O) groups excluding carboxylic acids is 4. The molecule has 0 radical (unpaired) electrons. The summed E-state index contributed by atoms with van der Waals surface area (Å²) in [5.74, 6) is -2.26. The number of para-hydroxylation sites is 1. The first kappa shape index (κ1) is 22.7. The average molecular weight is 458 g/mol. The number of amides is 3. The summed E-state index contributed by atoms with van der Waals surface area (Å²) in [4.78, 5) is 50.7. The Morgan fingerprint density at radius 3 is 2.47 bits per heavy atom. The number of hydrogen-bond donors (Lipinski definition) is 1. The van der Waals surface area contributed by atoms with Crippen LogP contribution in [0.4, 0.5) is 5.69 Å². The molecule has 2 aromatic carbocycles. The van der Waals surface area contributed by atoms with Crippen LogP contribution >= 0.6 is 0 Å². The first-order valence-electron chi connectivity index (χ1n) is 10.5. The van der Waals surface area contributed by atoms with Gasteiger partial charge in [-0.2, -0.15) is 5.10 Å². The largest absolute Gasteiger partial charge is 0.452 e. The topological polar surface area (TPSA) is 111 Å². The third-order valence-corrected chi connectivity index (χ3v) is 5.41. The third kappa shape index (κ3) is 4.11. The first-order valence-corrected chi connectivity index (χ1v) is 10.5. The monoisotopic (exact) mass is 458 g/mol. The molecule has 9 nitrogen and oxygen atoms in total. The van der Waals surface area contributed by atoms with Crippen molar-refractivity contribution in [3.63, 3.8) is 0 Å². The number of imide groups is 1. The molecule has 0 spiro atoms. The first-order chi connectivity index (χ1) is 16.3. The van der Waals surface area contributed by atoms with E-state index in [0.717, 1.165) is 16.3 Å². The number of aryl methyl sites for hydroxylation is 1. The van der Waals surface area contributed by atoms with Crippen LogP contribution in [-0.4, -0.2) is 51.5 Å². The van der Waals surface area contributed by atoms with Crippen LogP contribution < -0.4 is 5.32 Å². The third-order valence-electron chi connectivity index (χ3n) is 5.41. The van der Waals surface area contributed by atoms with E-state index in [1.807, 2.05) is 37.3 Å². The fourth-order valence-corrected chi connectivity index (χ4v) is 3.75. The Morgan fingerprint density at radius 2 is 1.76 bits per heavy atom. The maximum atomic E-state index is 12.5. The quantitative estimate of drug-likeness (QED) is 0.331. The molecule has 3 amide bonds. The van der Waals surface area contributed by atoms with E-state index in [2.05, 4.69) is 17.0 Å². The Balaban J connectivity index is 1.42. The molecule has 0 atom stereocenters. The number of aromatic nitrogens is 2. The number of benzene rings is 2. The van der Waals surface area contributed by atoms with E-state index in [1.165, 1.54) is 24.3 Å². The number of ether oxygens (including phenoxy) is 1. The standard InChI is InChI=1S/C25H22N4O5/c1-4-12-28-23(31)19-11-10-17(13-20(19)24(28)32)25(33)34-14-21(30)26-22-15(2)27-29(16(22)3)18-8-6-5-7-9-18/h4-11,13H,1,12,14H2,2-3H3,(H,26,30). The summed E-state index contributed by atoms with van der Waals surface area (Å²) in [7, 11) is 0. The van der Waals surface area contributed by atoms with E-state index in [-0.39, 0.29) is 23.2 Å². The van der Waals surface area contributed by atoms with E-state index in [0.29, 0.717) is 11.4 Å². The van der Waals surface area contributed by atoms with E-state index in [9.17, 15) is 19.2 Å². The second-order valence-corrected chi connectivity index (χ2v) is 7.69. The van der Waals surface area contributed by atoms with Gasteiger partial charge >= 0.3 is 5.97 Å². The van der Waals surface area contributed by atoms with Crippen LogP contribution in [0.15, 0.2) is 61.2 Å². The van der Waals surface area contributed by atoms with Crippen LogP contribution in [-0.2, 0) is 9.53 Å². The van der Waals surface area contributed by atoms with Crippen molar-refractivity contribution in [2.24, 2.45) is 0 Å². The number of carbonyl (C=O) groups is 4. The highest BCUT2D eigenvalue weighted by molar-refractivity contribution is 6.22. The van der Waals surface area contributed by atoms with Crippen molar-refractivity contribution < 1.29 is 23.9 Å². The zero-order chi connectivity index (χ0) is 24.4. The van der Waals surface area contributed by atoms with Crippen molar-refractivity contribution in [3.05, 3.63) is 89.3 Å². The van der Waals surface area contributed by atoms with Gasteiger partial charge in [-0.1, -0.05) is 24.3 Å². The SMILES string of the molecule is C=CCN1C(=O)c2ccc(C(=O)OCC(=O)Nc3c(C)nn(-c4ccccc4)c3C)cc2C1=O. The summed E-state index contributed by atoms with van der Waals surface area (Å²) >= 11 is 0. The molecule has 0 bridgehead atoms. The normalized spacial score (nSPS) is 12.5. The van der Waals surface area contributed by atoms with Gasteiger partial charge in [0.15, 0.2) is 6.61 Å².